The van der Waals surface area contributed by atoms with E-state index < -0.39 is 21.5 Å². The van der Waals surface area contributed by atoms with Crippen molar-refractivity contribution in [3.8, 4) is 0 Å². The van der Waals surface area contributed by atoms with E-state index in [1.165, 1.54) is 18.4 Å². The number of carbonyl (C=O) groups is 1. The van der Waals surface area contributed by atoms with Crippen molar-refractivity contribution in [1.82, 2.24) is 4.98 Å². The van der Waals surface area contributed by atoms with Gasteiger partial charge >= 0.3 is 114 Å². The number of rotatable bonds is 7. The van der Waals surface area contributed by atoms with Crippen LogP contribution < -0.4 is 30.2 Å². The molecule has 17 heavy (non-hydrogen) atoms. The topological polar surface area (TPSA) is 78.7 Å². The van der Waals surface area contributed by atoms with Crippen LogP contribution in [0.5, 0.6) is 0 Å². The molecular formula is C9H13IN3O3S-. The molecule has 0 radical (unpaired) electrons. The van der Waals surface area contributed by atoms with E-state index in [9.17, 15) is 10.0 Å². The van der Waals surface area contributed by atoms with E-state index in [1.807, 2.05) is 0 Å². The van der Waals surface area contributed by atoms with E-state index in [0.29, 0.717) is 18.0 Å². The molecule has 0 aliphatic rings. The minimum atomic E-state index is -0.825. The summed E-state index contributed by atoms with van der Waals surface area (Å²) in [4.78, 5) is 20.0. The van der Waals surface area contributed by atoms with Gasteiger partial charge in [-0.1, -0.05) is 0 Å². The van der Waals surface area contributed by atoms with Crippen LogP contribution >= 0.6 is 11.3 Å². The number of nitrogens with one attached hydrogen (secondary N) is 2. The molecule has 96 valence electrons. The van der Waals surface area contributed by atoms with Gasteiger partial charge in [0.05, 0.1) is 0 Å². The number of halogens is 1. The molecule has 1 atom stereocenters. The maximum absolute atomic E-state index is 11.4. The Bertz CT molecular complexity index is 385. The Morgan fingerprint density at radius 2 is 2.65 bits per heavy atom. The van der Waals surface area contributed by atoms with Crippen LogP contribution in [0.2, 0.25) is 0 Å². The molecule has 0 bridgehead atoms. The fourth-order valence-electron chi connectivity index (χ4n) is 0.885. The quantitative estimate of drug-likeness (QED) is 0.235. The predicted octanol–water partition coefficient (Wildman–Crippen LogP) is -2.83. The molecule has 1 rings (SSSR count). The third kappa shape index (κ3) is 5.55. The van der Waals surface area contributed by atoms with Gasteiger partial charge in [-0.05, 0) is 0 Å². The Morgan fingerprint density at radius 3 is 3.29 bits per heavy atom. The van der Waals surface area contributed by atoms with E-state index in [1.54, 1.807) is 12.3 Å². The normalized spacial score (nSPS) is 12.4. The monoisotopic (exact) mass is 370 g/mol. The first-order valence-electron chi connectivity index (χ1n) is 4.75. The van der Waals surface area contributed by atoms with Crippen molar-refractivity contribution >= 4 is 22.4 Å². The standard InChI is InChI=1S/C9H13IN3O3S/c1-3-4-5-8(14)12-9-11-6-7(17-9)10-13(15)16-2/h3,6,13H,1,4-5H2,2H3,(H,11,12,14)/q-1. The zero-order valence-electron chi connectivity index (χ0n) is 9.23. The first kappa shape index (κ1) is 14.5. The Hall–Kier alpha value is -0.550. The molecular weight excluding hydrogens is 357 g/mol. The van der Waals surface area contributed by atoms with E-state index in [4.69, 9.17) is 0 Å². The van der Waals surface area contributed by atoms with Crippen molar-refractivity contribution in [1.29, 1.82) is 0 Å². The van der Waals surface area contributed by atoms with Crippen molar-refractivity contribution < 1.29 is 34.6 Å². The summed E-state index contributed by atoms with van der Waals surface area (Å²) in [7, 11) is 1.36. The fraction of sp³-hybridized carbons (Fsp3) is 0.333. The number of allylic oxidation sites excluding steroid dienone is 1. The van der Waals surface area contributed by atoms with Gasteiger partial charge in [0, 0.05) is 0 Å². The summed E-state index contributed by atoms with van der Waals surface area (Å²) in [5.41, 5.74) is 0. The maximum atomic E-state index is 11.4. The summed E-state index contributed by atoms with van der Waals surface area (Å²) in [5.74, 6) is -0.0953. The second-order valence-electron chi connectivity index (χ2n) is 2.88. The molecule has 8 heteroatoms. The molecule has 2 N–H and O–H groups in total. The zero-order chi connectivity index (χ0) is 12.7. The molecule has 0 aliphatic heterocycles. The molecule has 1 aromatic heterocycles. The molecule has 0 aliphatic carbocycles. The van der Waals surface area contributed by atoms with Crippen LogP contribution in [0.4, 0.5) is 5.13 Å². The Morgan fingerprint density at radius 1 is 1.88 bits per heavy atom. The van der Waals surface area contributed by atoms with Crippen LogP contribution in [0.1, 0.15) is 12.8 Å². The van der Waals surface area contributed by atoms with Crippen LogP contribution in [0.3, 0.4) is 0 Å². The average Bonchev–Trinajstić information content (AvgIpc) is 2.73. The SMILES string of the molecule is C=CCCC(=O)Nc1ncc([I-][NH+]([O-])OC)s1. The van der Waals surface area contributed by atoms with Gasteiger partial charge in [0.15, 0.2) is 0 Å². The van der Waals surface area contributed by atoms with E-state index in [2.05, 4.69) is 21.7 Å². The van der Waals surface area contributed by atoms with Gasteiger partial charge in [0.2, 0.25) is 0 Å². The third-order valence-electron chi connectivity index (χ3n) is 1.63. The molecule has 0 saturated carbocycles. The van der Waals surface area contributed by atoms with Crippen molar-refractivity contribution in [3.63, 3.8) is 0 Å². The van der Waals surface area contributed by atoms with Crippen LogP contribution in [0.25, 0.3) is 0 Å². The Kier molecular flexibility index (Phi) is 6.58. The van der Waals surface area contributed by atoms with Crippen LogP contribution in [0, 0.1) is 8.09 Å². The molecule has 1 unspecified atom stereocenters. The number of thiazole rings is 1. The summed E-state index contributed by atoms with van der Waals surface area (Å²) in [5, 5.41) is 14.3. The summed E-state index contributed by atoms with van der Waals surface area (Å²) in [6.45, 7) is 3.55. The Balaban J connectivity index is 2.45. The first-order chi connectivity index (χ1) is 8.15. The molecule has 0 saturated heterocycles. The van der Waals surface area contributed by atoms with Crippen LogP contribution in [-0.2, 0) is 9.63 Å². The summed E-state index contributed by atoms with van der Waals surface area (Å²) >= 11 is 0.492. The molecule has 1 aromatic rings. The molecule has 0 spiro atoms. The van der Waals surface area contributed by atoms with Crippen molar-refractivity contribution in [2.45, 2.75) is 12.8 Å². The number of amides is 1. The first-order valence-corrected chi connectivity index (χ1v) is 7.72. The third-order valence-corrected chi connectivity index (χ3v) is 5.20. The number of quaternary nitrogens is 1. The molecule has 1 heterocycles. The average molecular weight is 370 g/mol. The van der Waals surface area contributed by atoms with Gasteiger partial charge in [0.1, 0.15) is 0 Å². The van der Waals surface area contributed by atoms with Crippen LogP contribution in [0.15, 0.2) is 18.9 Å². The van der Waals surface area contributed by atoms with E-state index in [-0.39, 0.29) is 9.35 Å². The number of anilines is 1. The van der Waals surface area contributed by atoms with Crippen molar-refractivity contribution in [2.75, 3.05) is 12.4 Å². The number of hydrogen-bond donors (Lipinski definition) is 2. The van der Waals surface area contributed by atoms with Gasteiger partial charge in [-0.25, -0.2) is 0 Å². The second-order valence-corrected chi connectivity index (χ2v) is 7.23. The predicted molar refractivity (Wildman–Crippen MR) is 60.2 cm³/mol. The number of nitrogens with zero attached hydrogens (tertiary/aromatic N) is 1. The van der Waals surface area contributed by atoms with Gasteiger partial charge in [-0.2, -0.15) is 0 Å². The van der Waals surface area contributed by atoms with Gasteiger partial charge in [-0.3, -0.25) is 0 Å². The molecule has 0 fully saturated rings. The number of hydrogen-bond acceptors (Lipinski definition) is 5. The zero-order valence-corrected chi connectivity index (χ0v) is 12.2. The minimum absolute atomic E-state index is 0.0953. The van der Waals surface area contributed by atoms with E-state index in [0.717, 1.165) is 2.88 Å². The molecule has 0 aromatic carbocycles. The van der Waals surface area contributed by atoms with Crippen LogP contribution in [-0.4, -0.2) is 18.0 Å². The van der Waals surface area contributed by atoms with Crippen molar-refractivity contribution in [2.24, 2.45) is 0 Å². The van der Waals surface area contributed by atoms with Crippen molar-refractivity contribution in [3.05, 3.63) is 26.9 Å². The summed E-state index contributed by atoms with van der Waals surface area (Å²) < 4.78 is 0.659. The van der Waals surface area contributed by atoms with Gasteiger partial charge in [-0.15, -0.1) is 0 Å². The Labute approximate surface area is 114 Å². The number of carbonyl (C=O) groups excluding carboxylic acids is 1. The fourth-order valence-corrected chi connectivity index (χ4v) is 3.80. The van der Waals surface area contributed by atoms with Gasteiger partial charge in [0.25, 0.3) is 0 Å². The molecule has 6 nitrogen and oxygen atoms in total. The summed E-state index contributed by atoms with van der Waals surface area (Å²) in [6, 6.07) is 0. The second kappa shape index (κ2) is 7.71. The number of aromatic nitrogens is 1. The van der Waals surface area contributed by atoms with Gasteiger partial charge < -0.3 is 0 Å². The van der Waals surface area contributed by atoms with E-state index >= 15 is 0 Å². The molecule has 1 amide bonds. The summed E-state index contributed by atoms with van der Waals surface area (Å²) in [6.07, 6.45) is 4.33.